The predicted molar refractivity (Wildman–Crippen MR) is 119 cm³/mol. The van der Waals surface area contributed by atoms with Gasteiger partial charge in [-0.3, -0.25) is 9.59 Å². The maximum atomic E-state index is 12.3. The second kappa shape index (κ2) is 11.1. The first kappa shape index (κ1) is 23.0. The van der Waals surface area contributed by atoms with Crippen LogP contribution < -0.4 is 14.8 Å². The first-order chi connectivity index (χ1) is 15.4. The van der Waals surface area contributed by atoms with Gasteiger partial charge in [-0.05, 0) is 43.3 Å². The van der Waals surface area contributed by atoms with E-state index in [0.29, 0.717) is 33.5 Å². The lowest BCUT2D eigenvalue weighted by atomic mass is 10.1. The van der Waals surface area contributed by atoms with Crippen LogP contribution in [-0.2, 0) is 27.4 Å². The highest BCUT2D eigenvalue weighted by molar-refractivity contribution is 7.09. The van der Waals surface area contributed by atoms with Gasteiger partial charge < -0.3 is 19.5 Å². The number of methoxy groups -OCH3 is 1. The molecular formula is C23H22N2O6S. The zero-order valence-corrected chi connectivity index (χ0v) is 18.4. The van der Waals surface area contributed by atoms with Crippen LogP contribution in [0.3, 0.4) is 0 Å². The highest BCUT2D eigenvalue weighted by Gasteiger charge is 2.12. The number of nitrogens with one attached hydrogen (secondary N) is 1. The summed E-state index contributed by atoms with van der Waals surface area (Å²) in [5.41, 5.74) is 1.70. The molecule has 1 N–H and O–H groups in total. The molecule has 0 saturated heterocycles. The van der Waals surface area contributed by atoms with E-state index in [0.717, 1.165) is 0 Å². The van der Waals surface area contributed by atoms with Gasteiger partial charge in [0.15, 0.2) is 12.4 Å². The number of aromatic nitrogens is 1. The molecule has 3 rings (SSSR count). The summed E-state index contributed by atoms with van der Waals surface area (Å²) in [6, 6.07) is 13.6. The average molecular weight is 455 g/mol. The van der Waals surface area contributed by atoms with Crippen LogP contribution >= 0.6 is 11.3 Å². The molecule has 2 aromatic carbocycles. The maximum Gasteiger partial charge on any atom is 0.344 e. The number of benzene rings is 2. The summed E-state index contributed by atoms with van der Waals surface area (Å²) in [7, 11) is 1.54. The summed E-state index contributed by atoms with van der Waals surface area (Å²) >= 11 is 1.31. The van der Waals surface area contributed by atoms with Crippen molar-refractivity contribution in [1.82, 2.24) is 4.98 Å². The van der Waals surface area contributed by atoms with Crippen molar-refractivity contribution < 1.29 is 28.6 Å². The fraction of sp³-hybridized carbons (Fsp3) is 0.217. The van der Waals surface area contributed by atoms with E-state index < -0.39 is 5.97 Å². The Balaban J connectivity index is 1.43. The van der Waals surface area contributed by atoms with Crippen LogP contribution in [0.15, 0.2) is 53.9 Å². The lowest BCUT2D eigenvalue weighted by Crippen LogP contribution is -2.15. The number of ketones is 1. The molecule has 8 nitrogen and oxygen atoms in total. The number of nitrogens with zero attached hydrogens (tertiary/aromatic N) is 1. The molecule has 0 radical (unpaired) electrons. The molecule has 166 valence electrons. The number of carbonyl (C=O) groups is 3. The highest BCUT2D eigenvalue weighted by atomic mass is 32.1. The number of anilines is 1. The van der Waals surface area contributed by atoms with Gasteiger partial charge in [-0.1, -0.05) is 12.1 Å². The smallest absolute Gasteiger partial charge is 0.344 e. The second-order valence-electron chi connectivity index (χ2n) is 6.69. The Morgan fingerprint density at radius 2 is 1.81 bits per heavy atom. The second-order valence-corrected chi connectivity index (χ2v) is 7.63. The van der Waals surface area contributed by atoms with E-state index in [-0.39, 0.29) is 31.3 Å². The van der Waals surface area contributed by atoms with Crippen LogP contribution in [0, 0.1) is 0 Å². The number of hydrogen-bond donors (Lipinski definition) is 1. The maximum absolute atomic E-state index is 12.3. The minimum Gasteiger partial charge on any atom is -0.495 e. The van der Waals surface area contributed by atoms with Gasteiger partial charge in [0.1, 0.15) is 23.1 Å². The minimum atomic E-state index is -0.552. The van der Waals surface area contributed by atoms with Crippen molar-refractivity contribution in [2.45, 2.75) is 20.0 Å². The summed E-state index contributed by atoms with van der Waals surface area (Å²) in [5, 5.41) is 5.13. The fourth-order valence-electron chi connectivity index (χ4n) is 2.70. The topological polar surface area (TPSA) is 104 Å². The molecular weight excluding hydrogens is 432 g/mol. The third-order valence-electron chi connectivity index (χ3n) is 4.29. The van der Waals surface area contributed by atoms with Crippen LogP contribution in [-0.4, -0.2) is 36.4 Å². The Kier molecular flexibility index (Phi) is 7.93. The Morgan fingerprint density at radius 3 is 2.53 bits per heavy atom. The summed E-state index contributed by atoms with van der Waals surface area (Å²) < 4.78 is 15.7. The molecule has 0 unspecified atom stereocenters. The number of ether oxygens (including phenoxy) is 3. The molecule has 0 atom stereocenters. The Bertz CT molecular complexity index is 1090. The van der Waals surface area contributed by atoms with Crippen molar-refractivity contribution in [1.29, 1.82) is 0 Å². The summed E-state index contributed by atoms with van der Waals surface area (Å²) in [6.45, 7) is 1.19. The molecule has 0 aliphatic heterocycles. The van der Waals surface area contributed by atoms with E-state index >= 15 is 0 Å². The van der Waals surface area contributed by atoms with Crippen LogP contribution in [0.2, 0.25) is 0 Å². The SMILES string of the molecule is COc1ccccc1NC(=O)Cc1nc(COC(=O)COc2ccc(C(C)=O)cc2)cs1. The van der Waals surface area contributed by atoms with Gasteiger partial charge >= 0.3 is 5.97 Å². The number of Topliss-reactive ketones (excluding diaryl/α,β-unsaturated/α-hetero) is 1. The van der Waals surface area contributed by atoms with Crippen LogP contribution in [0.25, 0.3) is 0 Å². The van der Waals surface area contributed by atoms with Gasteiger partial charge in [0.25, 0.3) is 0 Å². The van der Waals surface area contributed by atoms with Gasteiger partial charge in [0.2, 0.25) is 5.91 Å². The zero-order valence-electron chi connectivity index (χ0n) is 17.6. The monoisotopic (exact) mass is 454 g/mol. The molecule has 0 fully saturated rings. The first-order valence-electron chi connectivity index (χ1n) is 9.70. The third-order valence-corrected chi connectivity index (χ3v) is 5.19. The van der Waals surface area contributed by atoms with E-state index in [1.54, 1.807) is 47.8 Å². The number of para-hydroxylation sites is 2. The summed E-state index contributed by atoms with van der Waals surface area (Å²) in [6.07, 6.45) is 0.0933. The van der Waals surface area contributed by atoms with Gasteiger partial charge in [-0.15, -0.1) is 11.3 Å². The average Bonchev–Trinajstić information content (AvgIpc) is 3.24. The van der Waals surface area contributed by atoms with E-state index in [2.05, 4.69) is 10.3 Å². The molecule has 32 heavy (non-hydrogen) atoms. The molecule has 1 amide bonds. The molecule has 0 aliphatic rings. The van der Waals surface area contributed by atoms with Gasteiger partial charge in [-0.25, -0.2) is 9.78 Å². The molecule has 0 spiro atoms. The zero-order chi connectivity index (χ0) is 22.9. The van der Waals surface area contributed by atoms with Gasteiger partial charge in [-0.2, -0.15) is 0 Å². The van der Waals surface area contributed by atoms with Crippen molar-refractivity contribution in [2.75, 3.05) is 19.0 Å². The molecule has 0 aliphatic carbocycles. The van der Waals surface area contributed by atoms with Crippen molar-refractivity contribution in [2.24, 2.45) is 0 Å². The summed E-state index contributed by atoms with van der Waals surface area (Å²) in [5.74, 6) is 0.213. The number of amides is 1. The lowest BCUT2D eigenvalue weighted by molar-refractivity contribution is -0.147. The Labute approximate surface area is 189 Å². The van der Waals surface area contributed by atoms with E-state index in [1.165, 1.54) is 25.4 Å². The highest BCUT2D eigenvalue weighted by Crippen LogP contribution is 2.23. The molecule has 0 bridgehead atoms. The molecule has 9 heteroatoms. The summed E-state index contributed by atoms with van der Waals surface area (Å²) in [4.78, 5) is 39.8. The number of hydrogen-bond acceptors (Lipinski definition) is 8. The molecule has 0 saturated carbocycles. The largest absolute Gasteiger partial charge is 0.495 e. The molecule has 1 aromatic heterocycles. The molecule has 3 aromatic rings. The van der Waals surface area contributed by atoms with Crippen molar-refractivity contribution >= 4 is 34.7 Å². The van der Waals surface area contributed by atoms with Crippen molar-refractivity contribution in [3.8, 4) is 11.5 Å². The van der Waals surface area contributed by atoms with Crippen LogP contribution in [0.5, 0.6) is 11.5 Å². The minimum absolute atomic E-state index is 0.0178. The van der Waals surface area contributed by atoms with Crippen molar-refractivity contribution in [3.63, 3.8) is 0 Å². The first-order valence-corrected chi connectivity index (χ1v) is 10.6. The van der Waals surface area contributed by atoms with Crippen LogP contribution in [0.1, 0.15) is 28.0 Å². The Morgan fingerprint density at radius 1 is 1.06 bits per heavy atom. The number of thiazole rings is 1. The fourth-order valence-corrected chi connectivity index (χ4v) is 3.48. The quantitative estimate of drug-likeness (QED) is 0.368. The molecule has 1 heterocycles. The normalized spacial score (nSPS) is 10.3. The van der Waals surface area contributed by atoms with Gasteiger partial charge in [0, 0.05) is 10.9 Å². The van der Waals surface area contributed by atoms with Crippen molar-refractivity contribution in [3.05, 3.63) is 70.2 Å². The lowest BCUT2D eigenvalue weighted by Gasteiger charge is -2.08. The van der Waals surface area contributed by atoms with E-state index in [9.17, 15) is 14.4 Å². The van der Waals surface area contributed by atoms with E-state index in [1.807, 2.05) is 6.07 Å². The Hall–Kier alpha value is -3.72. The standard InChI is InChI=1S/C23H22N2O6S/c1-15(26)16-7-9-18(10-8-16)30-13-23(28)31-12-17-14-32-22(24-17)11-21(27)25-19-5-3-4-6-20(19)29-2/h3-10,14H,11-13H2,1-2H3,(H,25,27). The number of rotatable bonds is 10. The predicted octanol–water partition coefficient (Wildman–Crippen LogP) is 3.66. The third kappa shape index (κ3) is 6.64. The number of carbonyl (C=O) groups excluding carboxylic acids is 3. The van der Waals surface area contributed by atoms with Gasteiger partial charge in [0.05, 0.1) is 24.9 Å². The van der Waals surface area contributed by atoms with E-state index in [4.69, 9.17) is 14.2 Å². The number of esters is 1. The van der Waals surface area contributed by atoms with Crippen LogP contribution in [0.4, 0.5) is 5.69 Å².